The van der Waals surface area contributed by atoms with Gasteiger partial charge >= 0.3 is 6.18 Å². The van der Waals surface area contributed by atoms with Gasteiger partial charge in [-0.15, -0.1) is 0 Å². The van der Waals surface area contributed by atoms with Crippen LogP contribution in [0.2, 0.25) is 0 Å². The van der Waals surface area contributed by atoms with Crippen molar-refractivity contribution in [3.8, 4) is 17.1 Å². The molecule has 2 aliphatic rings. The van der Waals surface area contributed by atoms with Gasteiger partial charge in [0.25, 0.3) is 0 Å². The maximum Gasteiger partial charge on any atom is 0.433 e. The lowest BCUT2D eigenvalue weighted by Gasteiger charge is -2.45. The minimum atomic E-state index is -4.54. The molecule has 0 atom stereocenters. The van der Waals surface area contributed by atoms with Crippen LogP contribution >= 0.6 is 0 Å². The van der Waals surface area contributed by atoms with Crippen LogP contribution in [0.3, 0.4) is 0 Å². The lowest BCUT2D eigenvalue weighted by molar-refractivity contribution is -0.141. The van der Waals surface area contributed by atoms with E-state index in [1.807, 2.05) is 29.3 Å². The number of fused-ring (bicyclic) bond motifs is 1. The van der Waals surface area contributed by atoms with Crippen molar-refractivity contribution >= 4 is 11.0 Å². The van der Waals surface area contributed by atoms with Gasteiger partial charge in [-0.3, -0.25) is 9.58 Å². The average Bonchev–Trinajstić information content (AvgIpc) is 3.53. The first-order valence-corrected chi connectivity index (χ1v) is 12.2. The number of hydrogen-bond donors (Lipinski definition) is 2. The number of aromatic nitrogens is 6. The number of ether oxygens (including phenoxy) is 1. The van der Waals surface area contributed by atoms with Crippen molar-refractivity contribution < 1.29 is 17.9 Å². The minimum Gasteiger partial charge on any atom is -0.474 e. The van der Waals surface area contributed by atoms with Gasteiger partial charge in [0.1, 0.15) is 23.8 Å². The molecule has 12 heteroatoms. The van der Waals surface area contributed by atoms with E-state index in [-0.39, 0.29) is 18.5 Å². The zero-order valence-electron chi connectivity index (χ0n) is 19.9. The first-order chi connectivity index (χ1) is 17.9. The molecular formula is C25H26F3N8O. The highest BCUT2D eigenvalue weighted by Crippen LogP contribution is 2.37. The van der Waals surface area contributed by atoms with Crippen LogP contribution in [0.1, 0.15) is 36.9 Å². The van der Waals surface area contributed by atoms with Gasteiger partial charge in [-0.1, -0.05) is 0 Å². The molecular weight excluding hydrogens is 485 g/mol. The number of nitrogens with two attached hydrogens (primary N) is 1. The maximum absolute atomic E-state index is 13.2. The van der Waals surface area contributed by atoms with Gasteiger partial charge in [0, 0.05) is 55.1 Å². The molecule has 0 unspecified atom stereocenters. The molecule has 4 aromatic heterocycles. The van der Waals surface area contributed by atoms with E-state index in [2.05, 4.69) is 29.9 Å². The standard InChI is InChI=1S/C25H26F3N8O/c26-25(27,28)21-7-15(11-29)8-22(34-21)37-19-2-5-35(6-3-19)17-9-18(10-17)36-13-16(12-33-36)23-20-1-4-30-24(20)32-14-31-23/h1,4,7-8,12-14,17,19H,2-3,5-6,9-11,29H2,(H,30,31,32). The second-order valence-electron chi connectivity index (χ2n) is 9.52. The van der Waals surface area contributed by atoms with E-state index in [9.17, 15) is 13.2 Å². The van der Waals surface area contributed by atoms with Crippen molar-refractivity contribution in [2.24, 2.45) is 5.73 Å². The molecule has 5 heterocycles. The molecule has 9 nitrogen and oxygen atoms in total. The Morgan fingerprint density at radius 1 is 1.14 bits per heavy atom. The number of nitrogens with zero attached hydrogens (tertiary/aromatic N) is 6. The van der Waals surface area contributed by atoms with E-state index in [1.54, 1.807) is 6.33 Å². The summed E-state index contributed by atoms with van der Waals surface area (Å²) in [5.41, 5.74) is 7.54. The maximum atomic E-state index is 13.2. The fourth-order valence-corrected chi connectivity index (χ4v) is 5.06. The molecule has 4 aromatic rings. The molecule has 193 valence electrons. The molecule has 6 rings (SSSR count). The lowest BCUT2D eigenvalue weighted by atomic mass is 9.84. The van der Waals surface area contributed by atoms with E-state index in [4.69, 9.17) is 10.5 Å². The monoisotopic (exact) mass is 511 g/mol. The van der Waals surface area contributed by atoms with E-state index < -0.39 is 11.9 Å². The highest BCUT2D eigenvalue weighted by atomic mass is 19.4. The van der Waals surface area contributed by atoms with Crippen LogP contribution in [0, 0.1) is 6.04 Å². The molecule has 0 aromatic carbocycles. The Hall–Kier alpha value is -3.51. The summed E-state index contributed by atoms with van der Waals surface area (Å²) in [4.78, 5) is 17.9. The van der Waals surface area contributed by atoms with E-state index in [1.165, 1.54) is 12.1 Å². The van der Waals surface area contributed by atoms with Crippen LogP contribution in [0.5, 0.6) is 5.88 Å². The Labute approximate surface area is 210 Å². The topological polar surface area (TPSA) is 111 Å². The van der Waals surface area contributed by atoms with Crippen molar-refractivity contribution in [3.63, 3.8) is 0 Å². The normalized spacial score (nSPS) is 18.4. The molecule has 1 aliphatic carbocycles. The van der Waals surface area contributed by atoms with Crippen LogP contribution in [-0.2, 0) is 12.7 Å². The van der Waals surface area contributed by atoms with Crippen molar-refractivity contribution in [2.45, 2.75) is 50.6 Å². The smallest absolute Gasteiger partial charge is 0.433 e. The van der Waals surface area contributed by atoms with Gasteiger partial charge < -0.3 is 15.5 Å². The quantitative estimate of drug-likeness (QED) is 0.405. The molecule has 1 saturated carbocycles. The summed E-state index contributed by atoms with van der Waals surface area (Å²) in [5, 5.41) is 5.52. The van der Waals surface area contributed by atoms with Gasteiger partial charge in [-0.2, -0.15) is 18.3 Å². The molecule has 3 N–H and O–H groups in total. The predicted octanol–water partition coefficient (Wildman–Crippen LogP) is 3.78. The van der Waals surface area contributed by atoms with Crippen LogP contribution in [0.15, 0.2) is 43.1 Å². The molecule has 0 spiro atoms. The fourth-order valence-electron chi connectivity index (χ4n) is 5.06. The summed E-state index contributed by atoms with van der Waals surface area (Å²) in [6.07, 6.45) is 5.83. The van der Waals surface area contributed by atoms with Crippen LogP contribution < -0.4 is 10.5 Å². The van der Waals surface area contributed by atoms with Crippen molar-refractivity contribution in [3.05, 3.63) is 60.4 Å². The summed E-state index contributed by atoms with van der Waals surface area (Å²) in [6.45, 7) is 1.64. The Morgan fingerprint density at radius 2 is 1.95 bits per heavy atom. The van der Waals surface area contributed by atoms with Crippen LogP contribution in [0.25, 0.3) is 22.3 Å². The van der Waals surface area contributed by atoms with Crippen molar-refractivity contribution in [2.75, 3.05) is 13.1 Å². The second-order valence-corrected chi connectivity index (χ2v) is 9.52. The number of pyridine rings is 1. The van der Waals surface area contributed by atoms with Gasteiger partial charge in [-0.05, 0) is 43.4 Å². The lowest BCUT2D eigenvalue weighted by Crippen LogP contribution is -2.50. The molecule has 37 heavy (non-hydrogen) atoms. The summed E-state index contributed by atoms with van der Waals surface area (Å²) in [6, 6.07) is 6.10. The Morgan fingerprint density at radius 3 is 2.70 bits per heavy atom. The van der Waals surface area contributed by atoms with Crippen molar-refractivity contribution in [1.29, 1.82) is 0 Å². The van der Waals surface area contributed by atoms with E-state index in [0.717, 1.165) is 67.1 Å². The second kappa shape index (κ2) is 9.42. The molecule has 2 fully saturated rings. The number of halogens is 3. The largest absolute Gasteiger partial charge is 0.474 e. The van der Waals surface area contributed by atoms with Crippen molar-refractivity contribution in [1.82, 2.24) is 34.6 Å². The molecule has 1 saturated heterocycles. The van der Waals surface area contributed by atoms with E-state index in [0.29, 0.717) is 11.6 Å². The van der Waals surface area contributed by atoms with Gasteiger partial charge in [0.05, 0.1) is 17.9 Å². The highest BCUT2D eigenvalue weighted by Gasteiger charge is 2.38. The number of nitrogens with one attached hydrogen (secondary N) is 1. The highest BCUT2D eigenvalue weighted by molar-refractivity contribution is 5.90. The Bertz CT molecular complexity index is 1390. The zero-order chi connectivity index (χ0) is 25.6. The molecule has 1 radical (unpaired) electrons. The van der Waals surface area contributed by atoms with Crippen LogP contribution in [-0.4, -0.2) is 59.9 Å². The number of aromatic amines is 1. The third-order valence-electron chi connectivity index (χ3n) is 7.14. The average molecular weight is 512 g/mol. The zero-order valence-corrected chi connectivity index (χ0v) is 19.9. The van der Waals surface area contributed by atoms with Gasteiger partial charge in [0.15, 0.2) is 0 Å². The number of alkyl halides is 3. The SMILES string of the molecule is NCc1cc(OC2CCN(C3C[C](n4cc(-c5ncnc6[nH]ccc56)cn4)C3)CC2)nc(C(F)(F)F)c1. The third kappa shape index (κ3) is 4.78. The first-order valence-electron chi connectivity index (χ1n) is 12.2. The fraction of sp³-hybridized carbons (Fsp3) is 0.400. The molecule has 1 aliphatic heterocycles. The summed E-state index contributed by atoms with van der Waals surface area (Å²) >= 11 is 0. The number of rotatable bonds is 6. The van der Waals surface area contributed by atoms with E-state index >= 15 is 0 Å². The molecule has 0 amide bonds. The number of H-pyrrole nitrogens is 1. The third-order valence-corrected chi connectivity index (χ3v) is 7.14. The minimum absolute atomic E-state index is 0.00577. The van der Waals surface area contributed by atoms with Gasteiger partial charge in [0.2, 0.25) is 5.88 Å². The first kappa shape index (κ1) is 23.9. The number of piperidine rings is 1. The Balaban J connectivity index is 1.03. The number of likely N-dealkylation sites (tertiary alicyclic amines) is 1. The van der Waals surface area contributed by atoms with Crippen LogP contribution in [0.4, 0.5) is 13.2 Å². The summed E-state index contributed by atoms with van der Waals surface area (Å²) in [7, 11) is 0. The number of hydrogen-bond acceptors (Lipinski definition) is 7. The predicted molar refractivity (Wildman–Crippen MR) is 129 cm³/mol. The van der Waals surface area contributed by atoms with Gasteiger partial charge in [-0.25, -0.2) is 15.0 Å². The Kier molecular flexibility index (Phi) is 6.07. The summed E-state index contributed by atoms with van der Waals surface area (Å²) < 4.78 is 47.3. The summed E-state index contributed by atoms with van der Waals surface area (Å²) in [5.74, 6) is -0.0110. The molecule has 0 bridgehead atoms.